The second kappa shape index (κ2) is 5.73. The van der Waals surface area contributed by atoms with Crippen molar-refractivity contribution >= 4 is 11.6 Å². The number of nitrogens with zero attached hydrogens (tertiary/aromatic N) is 1. The number of hydrogen-bond acceptors (Lipinski definition) is 3. The van der Waals surface area contributed by atoms with Crippen LogP contribution >= 0.6 is 0 Å². The van der Waals surface area contributed by atoms with Crippen molar-refractivity contribution in [3.8, 4) is 28.4 Å². The Balaban J connectivity index is 1.88. The molecule has 0 spiro atoms. The van der Waals surface area contributed by atoms with Crippen LogP contribution in [0.4, 0.5) is 5.69 Å². The molecule has 3 N–H and O–H groups in total. The van der Waals surface area contributed by atoms with Gasteiger partial charge in [-0.05, 0) is 24.3 Å². The summed E-state index contributed by atoms with van der Waals surface area (Å²) in [5, 5.41) is 12.6. The first-order chi connectivity index (χ1) is 10.6. The number of nitrogens with one attached hydrogen (secondary N) is 2. The highest BCUT2D eigenvalue weighted by Crippen LogP contribution is 2.28. The van der Waals surface area contributed by atoms with Crippen molar-refractivity contribution < 1.29 is 9.90 Å². The molecule has 3 rings (SSSR count). The van der Waals surface area contributed by atoms with Gasteiger partial charge in [-0.3, -0.25) is 4.79 Å². The first kappa shape index (κ1) is 13.9. The monoisotopic (exact) mass is 293 g/mol. The van der Waals surface area contributed by atoms with Crippen molar-refractivity contribution in [2.45, 2.75) is 6.92 Å². The summed E-state index contributed by atoms with van der Waals surface area (Å²) in [4.78, 5) is 18.6. The zero-order chi connectivity index (χ0) is 15.5. The molecule has 1 heterocycles. The van der Waals surface area contributed by atoms with Crippen LogP contribution in [0.25, 0.3) is 22.6 Å². The fourth-order valence-corrected chi connectivity index (χ4v) is 2.21. The SMILES string of the molecule is CC(=O)Nc1ccc(-c2c[nH]c(-c3ccccc3O)n2)cc1. The van der Waals surface area contributed by atoms with E-state index in [-0.39, 0.29) is 11.7 Å². The van der Waals surface area contributed by atoms with E-state index >= 15 is 0 Å². The molecule has 0 unspecified atom stereocenters. The van der Waals surface area contributed by atoms with Crippen molar-refractivity contribution in [2.75, 3.05) is 5.32 Å². The van der Waals surface area contributed by atoms with Crippen molar-refractivity contribution in [1.82, 2.24) is 9.97 Å². The third kappa shape index (κ3) is 2.83. The zero-order valence-corrected chi connectivity index (χ0v) is 12.0. The number of anilines is 1. The lowest BCUT2D eigenvalue weighted by Crippen LogP contribution is -2.05. The zero-order valence-electron chi connectivity index (χ0n) is 12.0. The number of amides is 1. The second-order valence-electron chi connectivity index (χ2n) is 4.91. The summed E-state index contributed by atoms with van der Waals surface area (Å²) in [6.07, 6.45) is 1.79. The van der Waals surface area contributed by atoms with Gasteiger partial charge in [0.25, 0.3) is 0 Å². The lowest BCUT2D eigenvalue weighted by molar-refractivity contribution is -0.114. The van der Waals surface area contributed by atoms with Crippen LogP contribution < -0.4 is 5.32 Å². The molecule has 3 aromatic rings. The van der Waals surface area contributed by atoms with Crippen LogP contribution in [0.5, 0.6) is 5.75 Å². The molecule has 0 radical (unpaired) electrons. The molecular weight excluding hydrogens is 278 g/mol. The predicted molar refractivity (Wildman–Crippen MR) is 85.4 cm³/mol. The number of carbonyl (C=O) groups excluding carboxylic acids is 1. The highest BCUT2D eigenvalue weighted by molar-refractivity contribution is 5.88. The lowest BCUT2D eigenvalue weighted by Gasteiger charge is -2.02. The van der Waals surface area contributed by atoms with E-state index in [1.807, 2.05) is 30.3 Å². The number of para-hydroxylation sites is 1. The summed E-state index contributed by atoms with van der Waals surface area (Å²) in [7, 11) is 0. The van der Waals surface area contributed by atoms with Crippen LogP contribution in [0.1, 0.15) is 6.92 Å². The average Bonchev–Trinajstić information content (AvgIpc) is 2.97. The van der Waals surface area contributed by atoms with Crippen LogP contribution in [0.3, 0.4) is 0 Å². The Morgan fingerprint density at radius 1 is 1.14 bits per heavy atom. The molecule has 0 aliphatic carbocycles. The van der Waals surface area contributed by atoms with Gasteiger partial charge in [0, 0.05) is 24.4 Å². The highest BCUT2D eigenvalue weighted by atomic mass is 16.3. The minimum absolute atomic E-state index is 0.102. The molecule has 110 valence electrons. The van der Waals surface area contributed by atoms with Crippen LogP contribution in [0, 0.1) is 0 Å². The minimum atomic E-state index is -0.102. The van der Waals surface area contributed by atoms with E-state index in [9.17, 15) is 9.90 Å². The fraction of sp³-hybridized carbons (Fsp3) is 0.0588. The van der Waals surface area contributed by atoms with Crippen LogP contribution in [0.2, 0.25) is 0 Å². The molecule has 0 aliphatic heterocycles. The molecule has 2 aromatic carbocycles. The Labute approximate surface area is 127 Å². The summed E-state index contributed by atoms with van der Waals surface area (Å²) in [6, 6.07) is 14.5. The van der Waals surface area contributed by atoms with Crippen molar-refractivity contribution in [3.05, 3.63) is 54.7 Å². The highest BCUT2D eigenvalue weighted by Gasteiger charge is 2.09. The molecule has 0 saturated carbocycles. The van der Waals surface area contributed by atoms with Gasteiger partial charge in [0.15, 0.2) is 0 Å². The molecule has 0 fully saturated rings. The Morgan fingerprint density at radius 3 is 2.55 bits per heavy atom. The Hall–Kier alpha value is -3.08. The molecule has 5 nitrogen and oxygen atoms in total. The number of phenolic OH excluding ortho intramolecular Hbond substituents is 1. The van der Waals surface area contributed by atoms with Gasteiger partial charge in [0.2, 0.25) is 5.91 Å². The summed E-state index contributed by atoms with van der Waals surface area (Å²) in [6.45, 7) is 1.47. The first-order valence-corrected chi connectivity index (χ1v) is 6.85. The fourth-order valence-electron chi connectivity index (χ4n) is 2.21. The number of benzene rings is 2. The number of aromatic nitrogens is 2. The van der Waals surface area contributed by atoms with Gasteiger partial charge < -0.3 is 15.4 Å². The van der Waals surface area contributed by atoms with Crippen molar-refractivity contribution in [3.63, 3.8) is 0 Å². The van der Waals surface area contributed by atoms with Crippen LogP contribution in [0.15, 0.2) is 54.7 Å². The van der Waals surface area contributed by atoms with Gasteiger partial charge in [0.1, 0.15) is 11.6 Å². The number of phenols is 1. The maximum absolute atomic E-state index is 11.0. The van der Waals surface area contributed by atoms with Crippen LogP contribution in [-0.2, 0) is 4.79 Å². The predicted octanol–water partition coefficient (Wildman–Crippen LogP) is 3.41. The summed E-state index contributed by atoms with van der Waals surface area (Å²) in [5.41, 5.74) is 3.09. The molecule has 0 saturated heterocycles. The number of H-pyrrole nitrogens is 1. The van der Waals surface area contributed by atoms with E-state index in [2.05, 4.69) is 15.3 Å². The van der Waals surface area contributed by atoms with Gasteiger partial charge in [-0.25, -0.2) is 4.98 Å². The van der Waals surface area contributed by atoms with E-state index in [0.717, 1.165) is 16.9 Å². The Kier molecular flexibility index (Phi) is 3.62. The molecule has 0 atom stereocenters. The molecule has 5 heteroatoms. The summed E-state index contributed by atoms with van der Waals surface area (Å²) in [5.74, 6) is 0.692. The minimum Gasteiger partial charge on any atom is -0.507 e. The van der Waals surface area contributed by atoms with E-state index in [1.54, 1.807) is 24.4 Å². The number of hydrogen-bond donors (Lipinski definition) is 3. The van der Waals surface area contributed by atoms with E-state index in [4.69, 9.17) is 0 Å². The van der Waals surface area contributed by atoms with Crippen molar-refractivity contribution in [1.29, 1.82) is 0 Å². The number of aromatic hydroxyl groups is 1. The largest absolute Gasteiger partial charge is 0.507 e. The molecule has 0 aliphatic rings. The smallest absolute Gasteiger partial charge is 0.221 e. The van der Waals surface area contributed by atoms with Gasteiger partial charge in [-0.15, -0.1) is 0 Å². The van der Waals surface area contributed by atoms with Gasteiger partial charge in [-0.2, -0.15) is 0 Å². The quantitative estimate of drug-likeness (QED) is 0.692. The number of imidazole rings is 1. The number of rotatable bonds is 3. The molecule has 0 bridgehead atoms. The van der Waals surface area contributed by atoms with Gasteiger partial charge in [0.05, 0.1) is 11.3 Å². The summed E-state index contributed by atoms with van der Waals surface area (Å²) >= 11 is 0. The first-order valence-electron chi connectivity index (χ1n) is 6.85. The van der Waals surface area contributed by atoms with Gasteiger partial charge in [-0.1, -0.05) is 24.3 Å². The number of carbonyl (C=O) groups is 1. The molecular formula is C17H15N3O2. The molecule has 1 aromatic heterocycles. The molecule has 22 heavy (non-hydrogen) atoms. The van der Waals surface area contributed by atoms with E-state index in [1.165, 1.54) is 6.92 Å². The van der Waals surface area contributed by atoms with E-state index in [0.29, 0.717) is 11.4 Å². The third-order valence-electron chi connectivity index (χ3n) is 3.24. The Bertz CT molecular complexity index is 807. The van der Waals surface area contributed by atoms with Crippen molar-refractivity contribution in [2.24, 2.45) is 0 Å². The number of aromatic amines is 1. The standard InChI is InChI=1S/C17H15N3O2/c1-11(21)19-13-8-6-12(7-9-13)15-10-18-17(20-15)14-4-2-3-5-16(14)22/h2-10,22H,1H3,(H,18,20)(H,19,21). The average molecular weight is 293 g/mol. The third-order valence-corrected chi connectivity index (χ3v) is 3.24. The van der Waals surface area contributed by atoms with Crippen LogP contribution in [-0.4, -0.2) is 21.0 Å². The Morgan fingerprint density at radius 2 is 1.86 bits per heavy atom. The molecule has 1 amide bonds. The van der Waals surface area contributed by atoms with E-state index < -0.39 is 0 Å². The lowest BCUT2D eigenvalue weighted by atomic mass is 10.1. The maximum atomic E-state index is 11.0. The summed E-state index contributed by atoms with van der Waals surface area (Å²) < 4.78 is 0. The maximum Gasteiger partial charge on any atom is 0.221 e. The second-order valence-corrected chi connectivity index (χ2v) is 4.91. The van der Waals surface area contributed by atoms with Gasteiger partial charge >= 0.3 is 0 Å². The topological polar surface area (TPSA) is 78.0 Å². The normalized spacial score (nSPS) is 10.4.